The van der Waals surface area contributed by atoms with Crippen molar-refractivity contribution in [3.63, 3.8) is 0 Å². The van der Waals surface area contributed by atoms with Crippen LogP contribution < -0.4 is 0 Å². The smallest absolute Gasteiger partial charge is 0.128 e. The molecular weight excluding hydrogens is 769 g/mol. The third-order valence-electron chi connectivity index (χ3n) is 8.66. The van der Waals surface area contributed by atoms with Gasteiger partial charge in [-0.3, -0.25) is 9.97 Å². The first-order valence-electron chi connectivity index (χ1n) is 15.6. The fourth-order valence-corrected chi connectivity index (χ4v) is 6.28. The van der Waals surface area contributed by atoms with Gasteiger partial charge in [0.15, 0.2) is 0 Å². The first-order valence-corrected chi connectivity index (χ1v) is 15.6. The van der Waals surface area contributed by atoms with Gasteiger partial charge in [0.05, 0.1) is 28.1 Å². The third kappa shape index (κ3) is 5.39. The van der Waals surface area contributed by atoms with E-state index in [1.807, 2.05) is 61.5 Å². The summed E-state index contributed by atoms with van der Waals surface area (Å²) in [6.07, 6.45) is 1.79. The van der Waals surface area contributed by atoms with Crippen LogP contribution in [0.4, 0.5) is 0 Å². The van der Waals surface area contributed by atoms with Crippen LogP contribution in [0.25, 0.3) is 72.1 Å². The van der Waals surface area contributed by atoms with Gasteiger partial charge in [-0.05, 0) is 55.6 Å². The second-order valence-corrected chi connectivity index (χ2v) is 11.6. The minimum Gasteiger partial charge on any atom is -0.500 e. The summed E-state index contributed by atoms with van der Waals surface area (Å²) >= 11 is 0. The minimum atomic E-state index is 0. The van der Waals surface area contributed by atoms with Gasteiger partial charge in [0.1, 0.15) is 5.58 Å². The van der Waals surface area contributed by atoms with Crippen molar-refractivity contribution in [1.82, 2.24) is 19.5 Å². The Hall–Kier alpha value is -5.42. The average Bonchev–Trinajstić information content (AvgIpc) is 3.72. The summed E-state index contributed by atoms with van der Waals surface area (Å²) in [7, 11) is 0. The first kappa shape index (κ1) is 31.2. The van der Waals surface area contributed by atoms with Gasteiger partial charge < -0.3 is 14.0 Å². The van der Waals surface area contributed by atoms with Crippen molar-refractivity contribution in [3.05, 3.63) is 157 Å². The molecule has 0 saturated heterocycles. The number of furan rings is 1. The van der Waals surface area contributed by atoms with Crippen LogP contribution in [0.2, 0.25) is 0 Å². The number of fused-ring (bicyclic) bond motifs is 6. The molecule has 0 unspecified atom stereocenters. The Balaban J connectivity index is 0.000000237. The van der Waals surface area contributed by atoms with Gasteiger partial charge in [-0.1, -0.05) is 77.7 Å². The molecule has 1 radical (unpaired) electrons. The number of rotatable bonds is 3. The molecule has 48 heavy (non-hydrogen) atoms. The molecule has 9 aromatic rings. The van der Waals surface area contributed by atoms with E-state index < -0.39 is 0 Å². The number of hydrogen-bond donors (Lipinski definition) is 0. The summed E-state index contributed by atoms with van der Waals surface area (Å²) < 4.78 is 8.85. The Kier molecular flexibility index (Phi) is 8.45. The summed E-state index contributed by atoms with van der Waals surface area (Å²) in [5, 5.41) is 4.43. The Bertz CT molecular complexity index is 2500. The van der Waals surface area contributed by atoms with Crippen LogP contribution in [0.3, 0.4) is 0 Å². The molecule has 0 amide bonds. The fourth-order valence-electron chi connectivity index (χ4n) is 6.28. The van der Waals surface area contributed by atoms with Gasteiger partial charge in [0.25, 0.3) is 0 Å². The Morgan fingerprint density at radius 3 is 2.19 bits per heavy atom. The van der Waals surface area contributed by atoms with Crippen LogP contribution in [-0.2, 0) is 20.1 Å². The number of aryl methyl sites for hydroxylation is 3. The largest absolute Gasteiger partial charge is 0.500 e. The van der Waals surface area contributed by atoms with Crippen LogP contribution >= 0.6 is 0 Å². The second kappa shape index (κ2) is 13.0. The van der Waals surface area contributed by atoms with Crippen LogP contribution in [0.15, 0.2) is 132 Å². The van der Waals surface area contributed by atoms with E-state index >= 15 is 0 Å². The predicted molar refractivity (Wildman–Crippen MR) is 191 cm³/mol. The number of hydrogen-bond acceptors (Lipinski definition) is 4. The van der Waals surface area contributed by atoms with E-state index in [1.165, 1.54) is 0 Å². The Morgan fingerprint density at radius 1 is 0.625 bits per heavy atom. The Morgan fingerprint density at radius 2 is 1.40 bits per heavy atom. The normalized spacial score (nSPS) is 11.1. The quantitative estimate of drug-likeness (QED) is 0.167. The number of aromatic nitrogens is 4. The topological polar surface area (TPSA) is 56.7 Å². The molecule has 235 valence electrons. The molecule has 9 rings (SSSR count). The monoisotopic (exact) mass is 799 g/mol. The fraction of sp³-hybridized carbons (Fsp3) is 0.0714. The standard InChI is InChI=1S/C31H22N3O.C11H8N.Ir/c1-18-19(2)32-20(3)27-28(18)34(22-11-5-4-6-12-22)31(33-27)26-15-9-14-24-25-17-16-21-10-7-8-13-23(21)29(25)35-30(24)26;1-2-6-10(7-3-1)11-8-4-5-9-12-11;/h4-14,16-17H,1-3H3;1-6,8-9H;/q2*-1;. The molecule has 6 heteroatoms. The van der Waals surface area contributed by atoms with Gasteiger partial charge >= 0.3 is 0 Å². The number of pyridine rings is 2. The second-order valence-electron chi connectivity index (χ2n) is 11.6. The molecule has 4 aromatic heterocycles. The Labute approximate surface area is 292 Å². The number of imidazole rings is 1. The van der Waals surface area contributed by atoms with E-state index in [0.29, 0.717) is 0 Å². The van der Waals surface area contributed by atoms with Crippen molar-refractivity contribution in [2.45, 2.75) is 20.8 Å². The van der Waals surface area contributed by atoms with E-state index in [2.05, 4.69) is 102 Å². The van der Waals surface area contributed by atoms with E-state index in [9.17, 15) is 0 Å². The van der Waals surface area contributed by atoms with E-state index in [0.717, 1.165) is 89.0 Å². The zero-order valence-electron chi connectivity index (χ0n) is 26.7. The number of benzene rings is 5. The van der Waals surface area contributed by atoms with E-state index in [4.69, 9.17) is 14.4 Å². The van der Waals surface area contributed by atoms with Gasteiger partial charge in [0.2, 0.25) is 0 Å². The van der Waals surface area contributed by atoms with E-state index in [1.54, 1.807) is 6.20 Å². The number of nitrogens with zero attached hydrogens (tertiary/aromatic N) is 4. The average molecular weight is 799 g/mol. The van der Waals surface area contributed by atoms with Crippen LogP contribution in [-0.4, -0.2) is 19.5 Å². The van der Waals surface area contributed by atoms with Crippen molar-refractivity contribution in [2.24, 2.45) is 0 Å². The number of para-hydroxylation sites is 1. The van der Waals surface area contributed by atoms with Gasteiger partial charge in [-0.15, -0.1) is 54.1 Å². The van der Waals surface area contributed by atoms with Crippen molar-refractivity contribution < 1.29 is 24.5 Å². The van der Waals surface area contributed by atoms with Crippen LogP contribution in [0.1, 0.15) is 17.0 Å². The molecule has 0 atom stereocenters. The van der Waals surface area contributed by atoms with Crippen molar-refractivity contribution >= 4 is 43.7 Å². The maximum absolute atomic E-state index is 6.62. The molecule has 5 aromatic carbocycles. The van der Waals surface area contributed by atoms with Crippen molar-refractivity contribution in [1.29, 1.82) is 0 Å². The maximum Gasteiger partial charge on any atom is 0.128 e. The molecule has 4 heterocycles. The summed E-state index contributed by atoms with van der Waals surface area (Å²) in [5.74, 6) is 0.804. The molecule has 5 nitrogen and oxygen atoms in total. The molecule has 0 saturated carbocycles. The summed E-state index contributed by atoms with van der Waals surface area (Å²) in [6.45, 7) is 6.20. The minimum absolute atomic E-state index is 0. The molecule has 0 fully saturated rings. The summed E-state index contributed by atoms with van der Waals surface area (Å²) in [4.78, 5) is 14.1. The zero-order valence-corrected chi connectivity index (χ0v) is 29.0. The van der Waals surface area contributed by atoms with Gasteiger partial charge in [-0.2, -0.15) is 0 Å². The van der Waals surface area contributed by atoms with Crippen molar-refractivity contribution in [2.75, 3.05) is 0 Å². The molecule has 0 aliphatic heterocycles. The molecule has 0 spiro atoms. The van der Waals surface area contributed by atoms with Crippen LogP contribution in [0.5, 0.6) is 0 Å². The molecule has 0 aliphatic rings. The first-order chi connectivity index (χ1) is 23.1. The molecule has 0 aliphatic carbocycles. The third-order valence-corrected chi connectivity index (χ3v) is 8.66. The van der Waals surface area contributed by atoms with Gasteiger partial charge in [-0.25, -0.2) is 0 Å². The zero-order chi connectivity index (χ0) is 31.9. The van der Waals surface area contributed by atoms with Crippen molar-refractivity contribution in [3.8, 4) is 28.3 Å². The summed E-state index contributed by atoms with van der Waals surface area (Å²) in [6, 6.07) is 47.3. The van der Waals surface area contributed by atoms with E-state index in [-0.39, 0.29) is 20.1 Å². The predicted octanol–water partition coefficient (Wildman–Crippen LogP) is 10.4. The molecule has 0 N–H and O–H groups in total. The maximum atomic E-state index is 6.62. The molecular formula is C42H30IrN4O-2. The van der Waals surface area contributed by atoms with Crippen LogP contribution in [0, 0.1) is 32.9 Å². The summed E-state index contributed by atoms with van der Waals surface area (Å²) in [5.41, 5.74) is 10.6. The molecule has 0 bridgehead atoms. The SMILES string of the molecule is Cc1nc(C)c2nc(-c3[c-]ccc4c3oc3c5ccccc5ccc43)n(-c3ccccc3)c2c1C.[Ir].[c-]1ccccc1-c1ccccn1. The van der Waals surface area contributed by atoms with Gasteiger partial charge in [0, 0.05) is 48.5 Å².